The minimum absolute atomic E-state index is 0.134. The van der Waals surface area contributed by atoms with E-state index in [4.69, 9.17) is 4.74 Å². The summed E-state index contributed by atoms with van der Waals surface area (Å²) < 4.78 is 19.1. The van der Waals surface area contributed by atoms with Gasteiger partial charge in [0.15, 0.2) is 0 Å². The molecule has 1 aliphatic heterocycles. The number of ether oxygens (including phenoxy) is 1. The Kier molecular flexibility index (Phi) is 2.79. The number of benzene rings is 1. The predicted octanol–water partition coefficient (Wildman–Crippen LogP) is 1.80. The fourth-order valence-corrected chi connectivity index (χ4v) is 1.80. The van der Waals surface area contributed by atoms with E-state index < -0.39 is 0 Å². The highest BCUT2D eigenvalue weighted by atomic mass is 19.1. The molecule has 1 fully saturated rings. The smallest absolute Gasteiger partial charge is 0.129 e. The second-order valence-corrected chi connectivity index (χ2v) is 3.53. The second-order valence-electron chi connectivity index (χ2n) is 3.53. The summed E-state index contributed by atoms with van der Waals surface area (Å²) in [6.07, 6.45) is -0.134. The van der Waals surface area contributed by atoms with Crippen LogP contribution < -0.4 is 5.32 Å². The summed E-state index contributed by atoms with van der Waals surface area (Å²) in [6.45, 7) is 4.11. The van der Waals surface area contributed by atoms with Gasteiger partial charge in [-0.1, -0.05) is 12.1 Å². The summed E-state index contributed by atoms with van der Waals surface area (Å²) in [5, 5.41) is 3.20. The number of hydrogen-bond acceptors (Lipinski definition) is 2. The van der Waals surface area contributed by atoms with Crippen LogP contribution >= 0.6 is 0 Å². The van der Waals surface area contributed by atoms with E-state index in [1.54, 1.807) is 6.07 Å². The minimum atomic E-state index is -0.168. The Morgan fingerprint density at radius 3 is 3.00 bits per heavy atom. The Balaban J connectivity index is 2.29. The fourth-order valence-electron chi connectivity index (χ4n) is 1.80. The van der Waals surface area contributed by atoms with E-state index in [-0.39, 0.29) is 11.9 Å². The lowest BCUT2D eigenvalue weighted by Crippen LogP contribution is -2.34. The molecule has 14 heavy (non-hydrogen) atoms. The van der Waals surface area contributed by atoms with Gasteiger partial charge < -0.3 is 10.1 Å². The van der Waals surface area contributed by atoms with Gasteiger partial charge in [0.2, 0.25) is 0 Å². The zero-order valence-electron chi connectivity index (χ0n) is 8.22. The summed E-state index contributed by atoms with van der Waals surface area (Å²) in [4.78, 5) is 0. The van der Waals surface area contributed by atoms with Gasteiger partial charge in [0.05, 0.1) is 12.7 Å². The molecule has 1 atom stereocenters. The quantitative estimate of drug-likeness (QED) is 0.737. The molecule has 1 unspecified atom stereocenters. The monoisotopic (exact) mass is 195 g/mol. The van der Waals surface area contributed by atoms with Crippen LogP contribution in [0.2, 0.25) is 0 Å². The highest BCUT2D eigenvalue weighted by Crippen LogP contribution is 2.24. The number of rotatable bonds is 1. The largest absolute Gasteiger partial charge is 0.371 e. The average molecular weight is 195 g/mol. The Morgan fingerprint density at radius 1 is 1.50 bits per heavy atom. The average Bonchev–Trinajstić information content (AvgIpc) is 2.19. The van der Waals surface area contributed by atoms with Crippen LogP contribution in [0.25, 0.3) is 0 Å². The molecule has 1 heterocycles. The van der Waals surface area contributed by atoms with Gasteiger partial charge in [-0.15, -0.1) is 0 Å². The van der Waals surface area contributed by atoms with Gasteiger partial charge in [0.1, 0.15) is 5.82 Å². The predicted molar refractivity (Wildman–Crippen MR) is 52.7 cm³/mol. The maximum Gasteiger partial charge on any atom is 0.129 e. The van der Waals surface area contributed by atoms with Crippen LogP contribution in [-0.4, -0.2) is 19.7 Å². The third kappa shape index (κ3) is 1.79. The van der Waals surface area contributed by atoms with Crippen LogP contribution in [-0.2, 0) is 4.74 Å². The van der Waals surface area contributed by atoms with Crippen LogP contribution in [0, 0.1) is 12.7 Å². The van der Waals surface area contributed by atoms with Crippen molar-refractivity contribution in [2.75, 3.05) is 19.7 Å². The number of aryl methyl sites for hydroxylation is 1. The Hall–Kier alpha value is -0.930. The molecular weight excluding hydrogens is 181 g/mol. The van der Waals surface area contributed by atoms with Crippen molar-refractivity contribution >= 4 is 0 Å². The molecule has 0 spiro atoms. The third-order valence-corrected chi connectivity index (χ3v) is 2.52. The lowest BCUT2D eigenvalue weighted by Gasteiger charge is -2.25. The zero-order chi connectivity index (χ0) is 9.97. The van der Waals surface area contributed by atoms with Gasteiger partial charge in [-0.25, -0.2) is 4.39 Å². The van der Waals surface area contributed by atoms with Crippen LogP contribution in [0.1, 0.15) is 17.2 Å². The molecule has 0 bridgehead atoms. The van der Waals surface area contributed by atoms with Gasteiger partial charge in [-0.2, -0.15) is 0 Å². The molecule has 1 N–H and O–H groups in total. The SMILES string of the molecule is Cc1cccc(F)c1C1CNCCO1. The molecule has 3 heteroatoms. The molecule has 1 saturated heterocycles. The highest BCUT2D eigenvalue weighted by Gasteiger charge is 2.20. The van der Waals surface area contributed by atoms with Crippen molar-refractivity contribution in [3.63, 3.8) is 0 Å². The normalized spacial score (nSPS) is 22.3. The van der Waals surface area contributed by atoms with Crippen molar-refractivity contribution in [3.05, 3.63) is 35.1 Å². The van der Waals surface area contributed by atoms with Gasteiger partial charge in [-0.05, 0) is 18.6 Å². The molecule has 1 aromatic carbocycles. The number of morpholine rings is 1. The molecule has 2 nitrogen and oxygen atoms in total. The first-order valence-electron chi connectivity index (χ1n) is 4.86. The summed E-state index contributed by atoms with van der Waals surface area (Å²) >= 11 is 0. The molecule has 0 amide bonds. The Morgan fingerprint density at radius 2 is 2.36 bits per heavy atom. The van der Waals surface area contributed by atoms with Crippen molar-refractivity contribution in [1.29, 1.82) is 0 Å². The first-order chi connectivity index (χ1) is 6.79. The van der Waals surface area contributed by atoms with Crippen molar-refractivity contribution in [2.45, 2.75) is 13.0 Å². The van der Waals surface area contributed by atoms with Crippen molar-refractivity contribution in [1.82, 2.24) is 5.32 Å². The molecule has 0 radical (unpaired) electrons. The highest BCUT2D eigenvalue weighted by molar-refractivity contribution is 5.30. The van der Waals surface area contributed by atoms with E-state index in [0.717, 1.165) is 12.1 Å². The molecular formula is C11H14FNO. The summed E-state index contributed by atoms with van der Waals surface area (Å²) in [7, 11) is 0. The maximum absolute atomic E-state index is 13.5. The van der Waals surface area contributed by atoms with E-state index >= 15 is 0 Å². The van der Waals surface area contributed by atoms with Gasteiger partial charge in [0, 0.05) is 18.7 Å². The van der Waals surface area contributed by atoms with Gasteiger partial charge >= 0.3 is 0 Å². The molecule has 2 rings (SSSR count). The topological polar surface area (TPSA) is 21.3 Å². The zero-order valence-corrected chi connectivity index (χ0v) is 8.22. The summed E-state index contributed by atoms with van der Waals surface area (Å²) in [5.41, 5.74) is 1.65. The van der Waals surface area contributed by atoms with Crippen molar-refractivity contribution < 1.29 is 9.13 Å². The first kappa shape index (κ1) is 9.62. The van der Waals surface area contributed by atoms with Crippen LogP contribution in [0.15, 0.2) is 18.2 Å². The number of nitrogens with one attached hydrogen (secondary N) is 1. The molecule has 1 aromatic rings. The first-order valence-corrected chi connectivity index (χ1v) is 4.86. The minimum Gasteiger partial charge on any atom is -0.371 e. The van der Waals surface area contributed by atoms with Gasteiger partial charge in [0.25, 0.3) is 0 Å². The number of hydrogen-bond donors (Lipinski definition) is 1. The fraction of sp³-hybridized carbons (Fsp3) is 0.455. The lowest BCUT2D eigenvalue weighted by atomic mass is 10.0. The van der Waals surface area contributed by atoms with Crippen LogP contribution in [0.4, 0.5) is 4.39 Å². The molecule has 76 valence electrons. The molecule has 0 aliphatic carbocycles. The van der Waals surface area contributed by atoms with E-state index in [1.165, 1.54) is 6.07 Å². The lowest BCUT2D eigenvalue weighted by molar-refractivity contribution is 0.0251. The van der Waals surface area contributed by atoms with Crippen LogP contribution in [0.3, 0.4) is 0 Å². The molecule has 0 aromatic heterocycles. The summed E-state index contributed by atoms with van der Waals surface area (Å²) in [5.74, 6) is -0.168. The standard InChI is InChI=1S/C11H14FNO/c1-8-3-2-4-9(12)11(8)10-7-13-5-6-14-10/h2-4,10,13H,5-7H2,1H3. The van der Waals surface area contributed by atoms with Crippen molar-refractivity contribution in [2.24, 2.45) is 0 Å². The van der Waals surface area contributed by atoms with Gasteiger partial charge in [-0.3, -0.25) is 0 Å². The van der Waals surface area contributed by atoms with E-state index in [9.17, 15) is 4.39 Å². The van der Waals surface area contributed by atoms with Crippen LogP contribution in [0.5, 0.6) is 0 Å². The van der Waals surface area contributed by atoms with E-state index in [2.05, 4.69) is 5.32 Å². The Bertz CT molecular complexity index is 301. The molecule has 1 aliphatic rings. The second kappa shape index (κ2) is 4.07. The summed E-state index contributed by atoms with van der Waals surface area (Å²) in [6, 6.07) is 5.13. The van der Waals surface area contributed by atoms with Crippen molar-refractivity contribution in [3.8, 4) is 0 Å². The van der Waals surface area contributed by atoms with E-state index in [1.807, 2.05) is 13.0 Å². The Labute approximate surface area is 83.1 Å². The third-order valence-electron chi connectivity index (χ3n) is 2.52. The number of halogens is 1. The van der Waals surface area contributed by atoms with E-state index in [0.29, 0.717) is 18.7 Å². The molecule has 0 saturated carbocycles. The maximum atomic E-state index is 13.5.